The van der Waals surface area contributed by atoms with Crippen LogP contribution in [0.1, 0.15) is 28.3 Å². The highest BCUT2D eigenvalue weighted by molar-refractivity contribution is 6.31. The van der Waals surface area contributed by atoms with Gasteiger partial charge in [-0.15, -0.1) is 0 Å². The van der Waals surface area contributed by atoms with E-state index in [-0.39, 0.29) is 24.5 Å². The predicted octanol–water partition coefficient (Wildman–Crippen LogP) is 5.07. The number of urea groups is 1. The summed E-state index contributed by atoms with van der Waals surface area (Å²) in [6, 6.07) is 18.2. The van der Waals surface area contributed by atoms with Gasteiger partial charge in [0.15, 0.2) is 0 Å². The normalized spacial score (nSPS) is 14.8. The molecule has 38 heavy (non-hydrogen) atoms. The van der Waals surface area contributed by atoms with Gasteiger partial charge < -0.3 is 13.7 Å². The largest absolute Gasteiger partial charge is 0.489 e. The third kappa shape index (κ3) is 4.86. The number of furan rings is 1. The Morgan fingerprint density at radius 2 is 1.76 bits per heavy atom. The zero-order chi connectivity index (χ0) is 26.8. The maximum absolute atomic E-state index is 13.9. The third-order valence-corrected chi connectivity index (χ3v) is 6.30. The van der Waals surface area contributed by atoms with Crippen LogP contribution in [-0.2, 0) is 22.7 Å². The molecule has 192 valence electrons. The molecule has 1 saturated heterocycles. The number of aryl methyl sites for hydroxylation is 1. The average molecular weight is 514 g/mol. The highest BCUT2D eigenvalue weighted by Crippen LogP contribution is 2.26. The number of hydrogen-bond acceptors (Lipinski definition) is 5. The number of carbonyl (C=O) groups excluding carboxylic acids is 3. The zero-order valence-electron chi connectivity index (χ0n) is 20.7. The van der Waals surface area contributed by atoms with Crippen LogP contribution >= 0.6 is 0 Å². The van der Waals surface area contributed by atoms with Crippen LogP contribution in [0.4, 0.5) is 9.18 Å². The van der Waals surface area contributed by atoms with Crippen LogP contribution in [0.2, 0.25) is 0 Å². The lowest BCUT2D eigenvalue weighted by molar-refractivity contribution is -0.130. The quantitative estimate of drug-likeness (QED) is 0.275. The maximum atomic E-state index is 13.9. The van der Waals surface area contributed by atoms with E-state index in [2.05, 4.69) is 5.32 Å². The molecule has 0 radical (unpaired) electrons. The standard InChI is InChI=1S/C29H24FN3O5/c1-18-14-21(15-25-27(34)31-29(36)32(28(25)35)16-24-7-5-13-37-24)19(2)33(18)22-9-11-23(12-10-22)38-17-20-6-3-4-8-26(20)30/h3-15H,16-17H2,1-2H3,(H,31,34,36)/b25-15+. The molecular formula is C29H24FN3O5. The minimum Gasteiger partial charge on any atom is -0.489 e. The summed E-state index contributed by atoms with van der Waals surface area (Å²) in [7, 11) is 0. The van der Waals surface area contributed by atoms with E-state index in [1.807, 2.05) is 36.6 Å². The number of rotatable bonds is 7. The minimum absolute atomic E-state index is 0.0906. The zero-order valence-corrected chi connectivity index (χ0v) is 20.7. The molecule has 1 N–H and O–H groups in total. The number of imide groups is 2. The van der Waals surface area contributed by atoms with E-state index in [1.54, 1.807) is 42.5 Å². The molecule has 5 rings (SSSR count). The van der Waals surface area contributed by atoms with E-state index >= 15 is 0 Å². The van der Waals surface area contributed by atoms with Crippen molar-refractivity contribution in [1.82, 2.24) is 14.8 Å². The van der Waals surface area contributed by atoms with Crippen molar-refractivity contribution in [3.8, 4) is 11.4 Å². The van der Waals surface area contributed by atoms with Gasteiger partial charge in [-0.25, -0.2) is 9.18 Å². The molecule has 0 spiro atoms. The Morgan fingerprint density at radius 1 is 1.00 bits per heavy atom. The van der Waals surface area contributed by atoms with E-state index in [4.69, 9.17) is 9.15 Å². The fourth-order valence-electron chi connectivity index (χ4n) is 4.35. The van der Waals surface area contributed by atoms with Gasteiger partial charge in [0, 0.05) is 22.6 Å². The van der Waals surface area contributed by atoms with Gasteiger partial charge in [-0.2, -0.15) is 0 Å². The summed E-state index contributed by atoms with van der Waals surface area (Å²) in [5.41, 5.74) is 3.50. The van der Waals surface area contributed by atoms with Gasteiger partial charge in [-0.3, -0.25) is 19.8 Å². The summed E-state index contributed by atoms with van der Waals surface area (Å²) in [6.45, 7) is 3.81. The van der Waals surface area contributed by atoms with E-state index in [0.717, 1.165) is 22.0 Å². The first-order chi connectivity index (χ1) is 18.3. The monoisotopic (exact) mass is 513 g/mol. The summed E-state index contributed by atoms with van der Waals surface area (Å²) in [6.07, 6.45) is 2.93. The first kappa shape index (κ1) is 24.8. The lowest BCUT2D eigenvalue weighted by atomic mass is 10.1. The van der Waals surface area contributed by atoms with Gasteiger partial charge in [-0.1, -0.05) is 18.2 Å². The SMILES string of the molecule is Cc1cc(/C=C2\C(=O)NC(=O)N(Cc3ccco3)C2=O)c(C)n1-c1ccc(OCc2ccccc2F)cc1. The fraction of sp³-hybridized carbons (Fsp3) is 0.138. The van der Waals surface area contributed by atoms with E-state index in [9.17, 15) is 18.8 Å². The lowest BCUT2D eigenvalue weighted by Crippen LogP contribution is -2.53. The van der Waals surface area contributed by atoms with E-state index < -0.39 is 17.8 Å². The Balaban J connectivity index is 1.37. The number of barbiturate groups is 1. The van der Waals surface area contributed by atoms with Crippen molar-refractivity contribution in [2.75, 3.05) is 0 Å². The first-order valence-electron chi connectivity index (χ1n) is 11.9. The first-order valence-corrected chi connectivity index (χ1v) is 11.9. The maximum Gasteiger partial charge on any atom is 0.331 e. The predicted molar refractivity (Wildman–Crippen MR) is 137 cm³/mol. The van der Waals surface area contributed by atoms with Crippen LogP contribution < -0.4 is 10.1 Å². The van der Waals surface area contributed by atoms with Gasteiger partial charge in [0.1, 0.15) is 29.5 Å². The molecule has 0 unspecified atom stereocenters. The van der Waals surface area contributed by atoms with Gasteiger partial charge in [0.2, 0.25) is 0 Å². The second kappa shape index (κ2) is 10.2. The second-order valence-electron chi connectivity index (χ2n) is 8.82. The summed E-state index contributed by atoms with van der Waals surface area (Å²) >= 11 is 0. The number of carbonyl (C=O) groups is 3. The summed E-state index contributed by atoms with van der Waals surface area (Å²) in [5.74, 6) is -0.759. The van der Waals surface area contributed by atoms with E-state index in [1.165, 1.54) is 18.4 Å². The van der Waals surface area contributed by atoms with Gasteiger partial charge in [-0.05, 0) is 74.0 Å². The van der Waals surface area contributed by atoms with Crippen LogP contribution in [-0.4, -0.2) is 27.3 Å². The number of hydrogen-bond donors (Lipinski definition) is 1. The molecule has 0 atom stereocenters. The molecular weight excluding hydrogens is 489 g/mol. The molecule has 1 fully saturated rings. The molecule has 9 heteroatoms. The molecule has 4 amide bonds. The van der Waals surface area contributed by atoms with Gasteiger partial charge >= 0.3 is 6.03 Å². The molecule has 0 bridgehead atoms. The Labute approximate surface area is 217 Å². The molecule has 2 aromatic carbocycles. The molecule has 0 saturated carbocycles. The van der Waals surface area contributed by atoms with Crippen LogP contribution in [0.15, 0.2) is 83.0 Å². The van der Waals surface area contributed by atoms with Crippen LogP contribution in [0.3, 0.4) is 0 Å². The number of amides is 4. The van der Waals surface area contributed by atoms with Crippen molar-refractivity contribution >= 4 is 23.9 Å². The Bertz CT molecular complexity index is 1550. The van der Waals surface area contributed by atoms with Crippen LogP contribution in [0.5, 0.6) is 5.75 Å². The molecule has 4 aromatic rings. The van der Waals surface area contributed by atoms with Crippen LogP contribution in [0.25, 0.3) is 11.8 Å². The number of halogens is 1. The van der Waals surface area contributed by atoms with Crippen molar-refractivity contribution < 1.29 is 27.9 Å². The number of benzene rings is 2. The number of nitrogens with zero attached hydrogens (tertiary/aromatic N) is 2. The second-order valence-corrected chi connectivity index (χ2v) is 8.82. The van der Waals surface area contributed by atoms with Crippen molar-refractivity contribution in [2.45, 2.75) is 27.0 Å². The topological polar surface area (TPSA) is 93.8 Å². The summed E-state index contributed by atoms with van der Waals surface area (Å²) < 4.78 is 26.8. The molecule has 8 nitrogen and oxygen atoms in total. The number of ether oxygens (including phenoxy) is 1. The molecule has 0 aliphatic carbocycles. The summed E-state index contributed by atoms with van der Waals surface area (Å²) in [4.78, 5) is 38.8. The van der Waals surface area contributed by atoms with Crippen molar-refractivity contribution in [3.05, 3.63) is 113 Å². The molecule has 1 aliphatic heterocycles. The highest BCUT2D eigenvalue weighted by atomic mass is 19.1. The molecule has 3 heterocycles. The smallest absolute Gasteiger partial charge is 0.331 e. The fourth-order valence-corrected chi connectivity index (χ4v) is 4.35. The molecule has 2 aromatic heterocycles. The lowest BCUT2D eigenvalue weighted by Gasteiger charge is -2.25. The summed E-state index contributed by atoms with van der Waals surface area (Å²) in [5, 5.41) is 2.22. The number of aromatic nitrogens is 1. The highest BCUT2D eigenvalue weighted by Gasteiger charge is 2.36. The van der Waals surface area contributed by atoms with Gasteiger partial charge in [0.05, 0.1) is 12.8 Å². The van der Waals surface area contributed by atoms with Crippen molar-refractivity contribution in [1.29, 1.82) is 0 Å². The van der Waals surface area contributed by atoms with Crippen molar-refractivity contribution in [3.63, 3.8) is 0 Å². The number of nitrogens with one attached hydrogen (secondary N) is 1. The van der Waals surface area contributed by atoms with Crippen LogP contribution in [0, 0.1) is 19.7 Å². The average Bonchev–Trinajstić information content (AvgIpc) is 3.51. The Hall–Kier alpha value is -4.92. The minimum atomic E-state index is -0.795. The Morgan fingerprint density at radius 3 is 2.47 bits per heavy atom. The van der Waals surface area contributed by atoms with E-state index in [0.29, 0.717) is 22.6 Å². The Kier molecular flexibility index (Phi) is 6.66. The third-order valence-electron chi connectivity index (χ3n) is 6.30. The van der Waals surface area contributed by atoms with Gasteiger partial charge in [0.25, 0.3) is 11.8 Å². The van der Waals surface area contributed by atoms with Crippen molar-refractivity contribution in [2.24, 2.45) is 0 Å². The molecule has 1 aliphatic rings.